The molecular formula is C18H37N3. The first kappa shape index (κ1) is 20.4. The summed E-state index contributed by atoms with van der Waals surface area (Å²) in [7, 11) is 0. The summed E-state index contributed by atoms with van der Waals surface area (Å²) in [5.74, 6) is 1.52. The first-order chi connectivity index (χ1) is 9.83. The molecule has 0 heterocycles. The van der Waals surface area contributed by atoms with Crippen LogP contribution in [-0.2, 0) is 0 Å². The quantitative estimate of drug-likeness (QED) is 0.590. The van der Waals surface area contributed by atoms with Crippen molar-refractivity contribution in [2.24, 2.45) is 11.8 Å². The zero-order chi connectivity index (χ0) is 16.3. The van der Waals surface area contributed by atoms with Gasteiger partial charge in [0.1, 0.15) is 5.54 Å². The average Bonchev–Trinajstić information content (AvgIpc) is 2.41. The number of nitriles is 1. The summed E-state index contributed by atoms with van der Waals surface area (Å²) < 4.78 is 0. The van der Waals surface area contributed by atoms with Crippen LogP contribution in [0.25, 0.3) is 0 Å². The topological polar surface area (TPSA) is 39.1 Å². The lowest BCUT2D eigenvalue weighted by atomic mass is 9.97. The molecule has 0 bridgehead atoms. The van der Waals surface area contributed by atoms with Gasteiger partial charge in [-0.2, -0.15) is 5.26 Å². The van der Waals surface area contributed by atoms with Gasteiger partial charge in [-0.25, -0.2) is 0 Å². The fraction of sp³-hybridized carbons (Fsp3) is 0.944. The smallest absolute Gasteiger partial charge is 0.103 e. The molecule has 3 heteroatoms. The van der Waals surface area contributed by atoms with E-state index in [1.807, 2.05) is 6.92 Å². The number of rotatable bonds is 12. The molecule has 0 aromatic heterocycles. The van der Waals surface area contributed by atoms with E-state index in [4.69, 9.17) is 0 Å². The maximum atomic E-state index is 9.31. The third kappa shape index (κ3) is 10.7. The number of nitrogens with one attached hydrogen (secondary N) is 1. The van der Waals surface area contributed by atoms with Gasteiger partial charge in [-0.15, -0.1) is 0 Å². The van der Waals surface area contributed by atoms with Crippen molar-refractivity contribution < 1.29 is 0 Å². The predicted molar refractivity (Wildman–Crippen MR) is 92.3 cm³/mol. The molecule has 0 amide bonds. The van der Waals surface area contributed by atoms with Crippen LogP contribution in [-0.4, -0.2) is 36.6 Å². The van der Waals surface area contributed by atoms with E-state index in [1.54, 1.807) is 0 Å². The summed E-state index contributed by atoms with van der Waals surface area (Å²) in [5.41, 5.74) is -0.365. The number of hydrogen-bond donors (Lipinski definition) is 1. The Labute approximate surface area is 133 Å². The average molecular weight is 296 g/mol. The highest BCUT2D eigenvalue weighted by molar-refractivity contribution is 5.03. The molecule has 0 fully saturated rings. The number of nitrogens with zero attached hydrogens (tertiary/aromatic N) is 2. The minimum atomic E-state index is -0.365. The van der Waals surface area contributed by atoms with E-state index in [-0.39, 0.29) is 5.54 Å². The lowest BCUT2D eigenvalue weighted by molar-refractivity contribution is 0.232. The highest BCUT2D eigenvalue weighted by atomic mass is 15.1. The molecule has 1 N–H and O–H groups in total. The van der Waals surface area contributed by atoms with Gasteiger partial charge in [-0.1, -0.05) is 34.6 Å². The number of hydrogen-bond acceptors (Lipinski definition) is 3. The van der Waals surface area contributed by atoms with Crippen molar-refractivity contribution >= 4 is 0 Å². The van der Waals surface area contributed by atoms with E-state index in [2.05, 4.69) is 50.9 Å². The molecule has 0 aliphatic carbocycles. The summed E-state index contributed by atoms with van der Waals surface area (Å²) in [6.07, 6.45) is 4.55. The van der Waals surface area contributed by atoms with E-state index in [0.29, 0.717) is 0 Å². The van der Waals surface area contributed by atoms with Crippen LogP contribution in [0.5, 0.6) is 0 Å². The molecule has 0 aliphatic heterocycles. The van der Waals surface area contributed by atoms with E-state index in [9.17, 15) is 5.26 Å². The standard InChI is InChI=1S/C18H37N3/c1-7-20-18(6,15-19)11-8-12-21(13-9-16(2)3)14-10-17(4)5/h16-17,20H,7-14H2,1-6H3. The maximum Gasteiger partial charge on any atom is 0.103 e. The molecule has 0 aromatic carbocycles. The molecule has 0 spiro atoms. The minimum absolute atomic E-state index is 0.365. The Bertz CT molecular complexity index is 281. The molecule has 1 unspecified atom stereocenters. The van der Waals surface area contributed by atoms with Crippen LogP contribution in [0.3, 0.4) is 0 Å². The molecule has 0 aromatic rings. The van der Waals surface area contributed by atoms with Gasteiger partial charge in [0.05, 0.1) is 6.07 Å². The van der Waals surface area contributed by atoms with Crippen molar-refractivity contribution in [1.29, 1.82) is 5.26 Å². The van der Waals surface area contributed by atoms with Gasteiger partial charge in [0.2, 0.25) is 0 Å². The van der Waals surface area contributed by atoms with Crippen LogP contribution in [0.2, 0.25) is 0 Å². The normalized spacial score (nSPS) is 14.7. The van der Waals surface area contributed by atoms with Crippen molar-refractivity contribution in [2.45, 2.75) is 72.8 Å². The van der Waals surface area contributed by atoms with Crippen LogP contribution >= 0.6 is 0 Å². The molecular weight excluding hydrogens is 258 g/mol. The lowest BCUT2D eigenvalue weighted by Gasteiger charge is -2.27. The molecule has 0 radical (unpaired) electrons. The van der Waals surface area contributed by atoms with Crippen molar-refractivity contribution in [2.75, 3.05) is 26.2 Å². The predicted octanol–water partition coefficient (Wildman–Crippen LogP) is 4.05. The Morgan fingerprint density at radius 2 is 1.57 bits per heavy atom. The second-order valence-electron chi connectivity index (χ2n) is 7.28. The first-order valence-corrected chi connectivity index (χ1v) is 8.71. The van der Waals surface area contributed by atoms with Gasteiger partial charge in [0.25, 0.3) is 0 Å². The molecule has 124 valence electrons. The summed E-state index contributed by atoms with van der Waals surface area (Å²) >= 11 is 0. The van der Waals surface area contributed by atoms with E-state index in [1.165, 1.54) is 25.9 Å². The van der Waals surface area contributed by atoms with Gasteiger partial charge in [-0.05, 0) is 70.6 Å². The third-order valence-corrected chi connectivity index (χ3v) is 4.01. The monoisotopic (exact) mass is 295 g/mol. The van der Waals surface area contributed by atoms with Crippen LogP contribution in [0.4, 0.5) is 0 Å². The third-order valence-electron chi connectivity index (χ3n) is 4.01. The van der Waals surface area contributed by atoms with Crippen LogP contribution in [0, 0.1) is 23.2 Å². The van der Waals surface area contributed by atoms with Gasteiger partial charge < -0.3 is 4.90 Å². The van der Waals surface area contributed by atoms with Crippen LogP contribution < -0.4 is 5.32 Å². The highest BCUT2D eigenvalue weighted by Crippen LogP contribution is 2.13. The molecule has 0 rings (SSSR count). The summed E-state index contributed by atoms with van der Waals surface area (Å²) in [4.78, 5) is 2.59. The summed E-state index contributed by atoms with van der Waals surface area (Å²) in [6, 6.07) is 2.42. The molecule has 3 nitrogen and oxygen atoms in total. The SMILES string of the molecule is CCNC(C)(C#N)CCCN(CCC(C)C)CCC(C)C. The first-order valence-electron chi connectivity index (χ1n) is 8.71. The van der Waals surface area contributed by atoms with Gasteiger partial charge >= 0.3 is 0 Å². The van der Waals surface area contributed by atoms with E-state index < -0.39 is 0 Å². The maximum absolute atomic E-state index is 9.31. The van der Waals surface area contributed by atoms with Crippen molar-refractivity contribution in [3.05, 3.63) is 0 Å². The van der Waals surface area contributed by atoms with Crippen LogP contribution in [0.1, 0.15) is 67.2 Å². The Balaban J connectivity index is 4.23. The van der Waals surface area contributed by atoms with Gasteiger partial charge in [0.15, 0.2) is 0 Å². The molecule has 0 saturated carbocycles. The van der Waals surface area contributed by atoms with Gasteiger partial charge in [0, 0.05) is 0 Å². The fourth-order valence-corrected chi connectivity index (χ4v) is 2.45. The molecule has 0 saturated heterocycles. The van der Waals surface area contributed by atoms with Gasteiger partial charge in [-0.3, -0.25) is 5.32 Å². The lowest BCUT2D eigenvalue weighted by Crippen LogP contribution is -2.41. The molecule has 1 atom stereocenters. The van der Waals surface area contributed by atoms with E-state index in [0.717, 1.165) is 37.8 Å². The van der Waals surface area contributed by atoms with Crippen molar-refractivity contribution in [1.82, 2.24) is 10.2 Å². The molecule has 21 heavy (non-hydrogen) atoms. The molecule has 0 aliphatic rings. The Hall–Kier alpha value is -0.590. The fourth-order valence-electron chi connectivity index (χ4n) is 2.45. The zero-order valence-electron chi connectivity index (χ0n) is 15.2. The largest absolute Gasteiger partial charge is 0.303 e. The minimum Gasteiger partial charge on any atom is -0.303 e. The summed E-state index contributed by atoms with van der Waals surface area (Å²) in [5, 5.41) is 12.6. The van der Waals surface area contributed by atoms with Crippen molar-refractivity contribution in [3.63, 3.8) is 0 Å². The van der Waals surface area contributed by atoms with Crippen molar-refractivity contribution in [3.8, 4) is 6.07 Å². The Kier molecular flexibility index (Phi) is 10.7. The summed E-state index contributed by atoms with van der Waals surface area (Å²) in [6.45, 7) is 17.6. The highest BCUT2D eigenvalue weighted by Gasteiger charge is 2.21. The van der Waals surface area contributed by atoms with E-state index >= 15 is 0 Å². The second-order valence-corrected chi connectivity index (χ2v) is 7.28. The Morgan fingerprint density at radius 1 is 1.05 bits per heavy atom. The Morgan fingerprint density at radius 3 is 1.95 bits per heavy atom. The van der Waals surface area contributed by atoms with Crippen LogP contribution in [0.15, 0.2) is 0 Å². The second kappa shape index (κ2) is 11.0. The zero-order valence-corrected chi connectivity index (χ0v) is 15.2.